The van der Waals surface area contributed by atoms with Crippen LogP contribution < -0.4 is 5.32 Å². The van der Waals surface area contributed by atoms with Gasteiger partial charge in [0.2, 0.25) is 0 Å². The van der Waals surface area contributed by atoms with E-state index >= 15 is 0 Å². The summed E-state index contributed by atoms with van der Waals surface area (Å²) in [5.74, 6) is 1.01. The molecule has 3 rings (SSSR count). The zero-order chi connectivity index (χ0) is 13.9. The van der Waals surface area contributed by atoms with Gasteiger partial charge in [-0.15, -0.1) is 0 Å². The van der Waals surface area contributed by atoms with E-state index in [-0.39, 0.29) is 6.04 Å². The van der Waals surface area contributed by atoms with E-state index in [1.54, 1.807) is 11.8 Å². The highest BCUT2D eigenvalue weighted by atomic mass is 16.3. The van der Waals surface area contributed by atoms with Crippen LogP contribution >= 0.6 is 0 Å². The third-order valence-electron chi connectivity index (χ3n) is 4.32. The molecule has 1 unspecified atom stereocenters. The van der Waals surface area contributed by atoms with Gasteiger partial charge in [-0.05, 0) is 61.9 Å². The quantitative estimate of drug-likeness (QED) is 0.901. The number of hydrogen-bond acceptors (Lipinski definition) is 2. The summed E-state index contributed by atoms with van der Waals surface area (Å²) < 4.78 is 5.49. The molecule has 0 aliphatic heterocycles. The molecular formula is C18H23NO. The van der Waals surface area contributed by atoms with E-state index in [9.17, 15) is 0 Å². The molecule has 0 bridgehead atoms. The van der Waals surface area contributed by atoms with Gasteiger partial charge in [-0.2, -0.15) is 0 Å². The molecule has 0 amide bonds. The van der Waals surface area contributed by atoms with Crippen molar-refractivity contribution in [1.82, 2.24) is 5.32 Å². The first-order valence-electron chi connectivity index (χ1n) is 7.68. The van der Waals surface area contributed by atoms with Gasteiger partial charge in [0.1, 0.15) is 5.76 Å². The molecule has 1 aliphatic rings. The number of furan rings is 1. The van der Waals surface area contributed by atoms with Crippen molar-refractivity contribution in [3.63, 3.8) is 0 Å². The summed E-state index contributed by atoms with van der Waals surface area (Å²) in [6, 6.07) is 9.33. The number of rotatable bonds is 4. The second kappa shape index (κ2) is 5.84. The first kappa shape index (κ1) is 13.4. The molecule has 1 N–H and O–H groups in total. The number of nitrogens with one attached hydrogen (secondary N) is 1. The maximum Gasteiger partial charge on any atom is 0.105 e. The Morgan fingerprint density at radius 2 is 1.95 bits per heavy atom. The number of benzene rings is 1. The second-order valence-corrected chi connectivity index (χ2v) is 5.66. The lowest BCUT2D eigenvalue weighted by molar-refractivity contribution is 0.519. The van der Waals surface area contributed by atoms with Gasteiger partial charge >= 0.3 is 0 Å². The van der Waals surface area contributed by atoms with Crippen molar-refractivity contribution in [2.75, 3.05) is 6.54 Å². The Morgan fingerprint density at radius 3 is 2.65 bits per heavy atom. The van der Waals surface area contributed by atoms with Gasteiger partial charge in [0, 0.05) is 5.56 Å². The first-order valence-corrected chi connectivity index (χ1v) is 7.68. The van der Waals surface area contributed by atoms with Crippen LogP contribution in [0.1, 0.15) is 53.8 Å². The molecule has 1 heterocycles. The maximum atomic E-state index is 5.49. The molecule has 1 aromatic carbocycles. The van der Waals surface area contributed by atoms with E-state index in [2.05, 4.69) is 36.5 Å². The SMILES string of the molecule is CCNC(c1ccc2c(c1)CCCC2)c1ccoc1C. The molecule has 2 nitrogen and oxygen atoms in total. The molecule has 0 saturated carbocycles. The third-order valence-corrected chi connectivity index (χ3v) is 4.32. The zero-order valence-electron chi connectivity index (χ0n) is 12.4. The molecule has 2 heteroatoms. The van der Waals surface area contributed by atoms with Crippen LogP contribution in [0, 0.1) is 6.92 Å². The molecule has 2 aromatic rings. The van der Waals surface area contributed by atoms with Gasteiger partial charge in [-0.1, -0.05) is 25.1 Å². The Bertz CT molecular complexity index is 585. The van der Waals surface area contributed by atoms with E-state index in [1.807, 2.05) is 6.92 Å². The molecule has 0 fully saturated rings. The van der Waals surface area contributed by atoms with Crippen molar-refractivity contribution in [2.45, 2.75) is 45.6 Å². The summed E-state index contributed by atoms with van der Waals surface area (Å²) in [4.78, 5) is 0. The summed E-state index contributed by atoms with van der Waals surface area (Å²) in [5, 5.41) is 3.59. The van der Waals surface area contributed by atoms with Crippen LogP contribution in [0.25, 0.3) is 0 Å². The Hall–Kier alpha value is -1.54. The number of fused-ring (bicyclic) bond motifs is 1. The van der Waals surface area contributed by atoms with Crippen LogP contribution in [0.2, 0.25) is 0 Å². The number of hydrogen-bond donors (Lipinski definition) is 1. The lowest BCUT2D eigenvalue weighted by Gasteiger charge is -2.22. The Morgan fingerprint density at radius 1 is 1.15 bits per heavy atom. The van der Waals surface area contributed by atoms with Crippen LogP contribution in [0.15, 0.2) is 34.9 Å². The molecular weight excluding hydrogens is 246 g/mol. The van der Waals surface area contributed by atoms with E-state index in [0.29, 0.717) is 0 Å². The average molecular weight is 269 g/mol. The van der Waals surface area contributed by atoms with Gasteiger partial charge in [0.05, 0.1) is 12.3 Å². The minimum Gasteiger partial charge on any atom is -0.469 e. The summed E-state index contributed by atoms with van der Waals surface area (Å²) in [6.07, 6.45) is 6.92. The van der Waals surface area contributed by atoms with Crippen molar-refractivity contribution in [3.8, 4) is 0 Å². The van der Waals surface area contributed by atoms with Gasteiger partial charge in [0.15, 0.2) is 0 Å². The van der Waals surface area contributed by atoms with Crippen LogP contribution in [0.3, 0.4) is 0 Å². The van der Waals surface area contributed by atoms with Crippen molar-refractivity contribution in [3.05, 3.63) is 58.5 Å². The highest BCUT2D eigenvalue weighted by Gasteiger charge is 2.19. The fourth-order valence-corrected chi connectivity index (χ4v) is 3.24. The standard InChI is InChI=1S/C18H23NO/c1-3-19-18(17-10-11-20-13(17)2)16-9-8-14-6-4-5-7-15(14)12-16/h8-12,18-19H,3-7H2,1-2H3. The Balaban J connectivity index is 1.97. The molecule has 0 saturated heterocycles. The summed E-state index contributed by atoms with van der Waals surface area (Å²) in [6.45, 7) is 5.14. The monoisotopic (exact) mass is 269 g/mol. The van der Waals surface area contributed by atoms with E-state index in [4.69, 9.17) is 4.42 Å². The molecule has 0 radical (unpaired) electrons. The smallest absolute Gasteiger partial charge is 0.105 e. The van der Waals surface area contributed by atoms with Gasteiger partial charge in [-0.3, -0.25) is 0 Å². The van der Waals surface area contributed by atoms with Crippen LogP contribution in [-0.4, -0.2) is 6.54 Å². The summed E-state index contributed by atoms with van der Waals surface area (Å²) >= 11 is 0. The first-order chi connectivity index (χ1) is 9.79. The molecule has 1 atom stereocenters. The predicted molar refractivity (Wildman–Crippen MR) is 82.0 cm³/mol. The Labute approximate surface area is 121 Å². The molecule has 106 valence electrons. The van der Waals surface area contributed by atoms with Crippen LogP contribution in [-0.2, 0) is 12.8 Å². The van der Waals surface area contributed by atoms with E-state index in [0.717, 1.165) is 12.3 Å². The van der Waals surface area contributed by atoms with Gasteiger partial charge in [0.25, 0.3) is 0 Å². The topological polar surface area (TPSA) is 25.2 Å². The lowest BCUT2D eigenvalue weighted by atomic mass is 9.88. The molecule has 1 aromatic heterocycles. The lowest BCUT2D eigenvalue weighted by Crippen LogP contribution is -2.22. The van der Waals surface area contributed by atoms with Crippen LogP contribution in [0.5, 0.6) is 0 Å². The molecule has 0 spiro atoms. The van der Waals surface area contributed by atoms with Crippen LogP contribution in [0.4, 0.5) is 0 Å². The minimum atomic E-state index is 0.242. The largest absolute Gasteiger partial charge is 0.469 e. The average Bonchev–Trinajstić information content (AvgIpc) is 2.90. The second-order valence-electron chi connectivity index (χ2n) is 5.66. The highest BCUT2D eigenvalue weighted by molar-refractivity contribution is 5.39. The summed E-state index contributed by atoms with van der Waals surface area (Å²) in [7, 11) is 0. The van der Waals surface area contributed by atoms with Gasteiger partial charge < -0.3 is 9.73 Å². The number of aryl methyl sites for hydroxylation is 3. The van der Waals surface area contributed by atoms with Gasteiger partial charge in [-0.25, -0.2) is 0 Å². The fraction of sp³-hybridized carbons (Fsp3) is 0.444. The van der Waals surface area contributed by atoms with Crippen molar-refractivity contribution >= 4 is 0 Å². The highest BCUT2D eigenvalue weighted by Crippen LogP contribution is 2.29. The van der Waals surface area contributed by atoms with Crippen molar-refractivity contribution in [1.29, 1.82) is 0 Å². The fourth-order valence-electron chi connectivity index (χ4n) is 3.24. The summed E-state index contributed by atoms with van der Waals surface area (Å²) in [5.41, 5.74) is 5.69. The molecule has 20 heavy (non-hydrogen) atoms. The molecule has 1 aliphatic carbocycles. The minimum absolute atomic E-state index is 0.242. The third kappa shape index (κ3) is 2.53. The maximum absolute atomic E-state index is 5.49. The van der Waals surface area contributed by atoms with Crippen molar-refractivity contribution < 1.29 is 4.42 Å². The van der Waals surface area contributed by atoms with E-state index in [1.165, 1.54) is 42.4 Å². The Kier molecular flexibility index (Phi) is 3.93. The zero-order valence-corrected chi connectivity index (χ0v) is 12.4. The predicted octanol–water partition coefficient (Wildman–Crippen LogP) is 4.17. The normalized spacial score (nSPS) is 15.9. The van der Waals surface area contributed by atoms with E-state index < -0.39 is 0 Å². The van der Waals surface area contributed by atoms with Crippen molar-refractivity contribution in [2.24, 2.45) is 0 Å².